The zero-order chi connectivity index (χ0) is 28.8. The summed E-state index contributed by atoms with van der Waals surface area (Å²) < 4.78 is 20.3. The summed E-state index contributed by atoms with van der Waals surface area (Å²) in [7, 11) is 1.82. The van der Waals surface area contributed by atoms with Crippen LogP contribution < -0.4 is 9.47 Å². The van der Waals surface area contributed by atoms with E-state index in [1.165, 1.54) is 16.7 Å². The molecule has 1 N–H and O–H groups in total. The summed E-state index contributed by atoms with van der Waals surface area (Å²) in [6.45, 7) is 13.3. The van der Waals surface area contributed by atoms with Crippen LogP contribution >= 0.6 is 0 Å². The molecule has 2 aromatic carbocycles. The fraction of sp³-hybridized carbons (Fsp3) is 0.611. The van der Waals surface area contributed by atoms with Gasteiger partial charge in [0.2, 0.25) is 0 Å². The molecule has 4 aliphatic carbocycles. The molecule has 4 bridgehead atoms. The van der Waals surface area contributed by atoms with Crippen LogP contribution in [0.1, 0.15) is 77.0 Å². The summed E-state index contributed by atoms with van der Waals surface area (Å²) >= 11 is 0. The van der Waals surface area contributed by atoms with Gasteiger partial charge >= 0.3 is 0 Å². The average molecular weight is 558 g/mol. The van der Waals surface area contributed by atoms with Gasteiger partial charge in [0, 0.05) is 36.6 Å². The van der Waals surface area contributed by atoms with Crippen molar-refractivity contribution in [3.8, 4) is 11.5 Å². The third-order valence-electron chi connectivity index (χ3n) is 12.1. The Morgan fingerprint density at radius 1 is 1.07 bits per heavy atom. The molecule has 0 amide bonds. The lowest BCUT2D eigenvalue weighted by molar-refractivity contribution is -0.263. The third-order valence-corrected chi connectivity index (χ3v) is 12.1. The maximum absolute atomic E-state index is 12.4. The second-order valence-electron chi connectivity index (χ2n) is 14.6. The molecule has 1 saturated carbocycles. The molecule has 220 valence electrons. The highest BCUT2D eigenvalue weighted by Gasteiger charge is 2.81. The highest BCUT2D eigenvalue weighted by Crippen LogP contribution is 2.76. The Morgan fingerprint density at radius 3 is 2.56 bits per heavy atom. The first-order chi connectivity index (χ1) is 19.6. The molecule has 7 atom stereocenters. The van der Waals surface area contributed by atoms with Crippen molar-refractivity contribution in [3.05, 3.63) is 71.3 Å². The van der Waals surface area contributed by atoms with Crippen LogP contribution in [0.3, 0.4) is 0 Å². The monoisotopic (exact) mass is 557 g/mol. The number of hydrogen-bond donors (Lipinski definition) is 1. The van der Waals surface area contributed by atoms with E-state index in [0.717, 1.165) is 56.7 Å². The van der Waals surface area contributed by atoms with Gasteiger partial charge in [0.1, 0.15) is 11.7 Å². The van der Waals surface area contributed by atoms with Crippen molar-refractivity contribution in [3.63, 3.8) is 0 Å². The molecular formula is C36H47NO4. The number of aliphatic hydroxyl groups is 1. The van der Waals surface area contributed by atoms with E-state index in [9.17, 15) is 5.11 Å². The van der Waals surface area contributed by atoms with E-state index in [2.05, 4.69) is 87.2 Å². The van der Waals surface area contributed by atoms with Gasteiger partial charge in [0.05, 0.1) is 17.6 Å². The zero-order valence-corrected chi connectivity index (χ0v) is 25.7. The smallest absolute Gasteiger partial charge is 0.166 e. The molecule has 41 heavy (non-hydrogen) atoms. The number of likely N-dealkylation sites (tertiary alicyclic amines) is 1. The highest BCUT2D eigenvalue weighted by molar-refractivity contribution is 5.65. The predicted molar refractivity (Wildman–Crippen MR) is 161 cm³/mol. The van der Waals surface area contributed by atoms with Crippen LogP contribution in [0.15, 0.2) is 54.6 Å². The molecule has 2 heterocycles. The molecule has 0 aromatic heterocycles. The molecular weight excluding hydrogens is 510 g/mol. The second-order valence-corrected chi connectivity index (χ2v) is 14.6. The fourth-order valence-electron chi connectivity index (χ4n) is 9.53. The van der Waals surface area contributed by atoms with E-state index < -0.39 is 11.2 Å². The summed E-state index contributed by atoms with van der Waals surface area (Å²) in [4.78, 5) is 2.72. The summed E-state index contributed by atoms with van der Waals surface area (Å²) in [5.74, 6) is 1.68. The average Bonchev–Trinajstić information content (AvgIpc) is 3.32. The number of ether oxygens (including phenoxy) is 3. The van der Waals surface area contributed by atoms with Crippen molar-refractivity contribution >= 4 is 0 Å². The minimum Gasteiger partial charge on any atom is -0.490 e. The van der Waals surface area contributed by atoms with Crippen molar-refractivity contribution in [1.29, 1.82) is 0 Å². The van der Waals surface area contributed by atoms with Crippen molar-refractivity contribution in [2.45, 2.75) is 102 Å². The van der Waals surface area contributed by atoms with Gasteiger partial charge in [-0.25, -0.2) is 0 Å². The molecule has 5 nitrogen and oxygen atoms in total. The quantitative estimate of drug-likeness (QED) is 0.299. The first-order valence-corrected chi connectivity index (χ1v) is 15.8. The van der Waals surface area contributed by atoms with Crippen LogP contribution in [0, 0.1) is 16.7 Å². The maximum atomic E-state index is 12.4. The van der Waals surface area contributed by atoms with Crippen LogP contribution in [0.2, 0.25) is 0 Å². The predicted octanol–water partition coefficient (Wildman–Crippen LogP) is 6.45. The van der Waals surface area contributed by atoms with Gasteiger partial charge in [-0.3, -0.25) is 4.90 Å². The van der Waals surface area contributed by atoms with Crippen LogP contribution in [-0.4, -0.2) is 53.6 Å². The molecule has 1 saturated heterocycles. The first-order valence-electron chi connectivity index (χ1n) is 15.8. The Kier molecular flexibility index (Phi) is 6.09. The summed E-state index contributed by atoms with van der Waals surface area (Å²) in [6, 6.07) is 15.6. The van der Waals surface area contributed by atoms with Gasteiger partial charge < -0.3 is 19.3 Å². The van der Waals surface area contributed by atoms with Crippen molar-refractivity contribution < 1.29 is 19.3 Å². The van der Waals surface area contributed by atoms with Crippen LogP contribution in [0.4, 0.5) is 0 Å². The Bertz CT molecular complexity index is 1360. The number of nitrogens with zero attached hydrogens (tertiary/aromatic N) is 1. The van der Waals surface area contributed by atoms with Gasteiger partial charge in [-0.05, 0) is 61.8 Å². The fourth-order valence-corrected chi connectivity index (χ4v) is 9.53. The van der Waals surface area contributed by atoms with Crippen molar-refractivity contribution in [2.75, 3.05) is 20.3 Å². The van der Waals surface area contributed by atoms with Gasteiger partial charge in [-0.2, -0.15) is 0 Å². The second kappa shape index (κ2) is 9.08. The number of rotatable bonds is 8. The van der Waals surface area contributed by atoms with Crippen molar-refractivity contribution in [2.24, 2.45) is 16.7 Å². The number of methoxy groups -OCH3 is 1. The number of hydrogen-bond acceptors (Lipinski definition) is 5. The Balaban J connectivity index is 1.43. The molecule has 2 fully saturated rings. The summed E-state index contributed by atoms with van der Waals surface area (Å²) in [5.41, 5.74) is 1.68. The lowest BCUT2D eigenvalue weighted by Gasteiger charge is -2.73. The highest BCUT2D eigenvalue weighted by atomic mass is 16.6. The number of fused-ring (bicyclic) bond motifs is 1. The minimum absolute atomic E-state index is 0.123. The maximum Gasteiger partial charge on any atom is 0.166 e. The lowest BCUT2D eigenvalue weighted by Crippen LogP contribution is -2.81. The van der Waals surface area contributed by atoms with Crippen LogP contribution in [-0.2, 0) is 23.1 Å². The van der Waals surface area contributed by atoms with Crippen LogP contribution in [0.5, 0.6) is 11.5 Å². The molecule has 0 radical (unpaired) electrons. The largest absolute Gasteiger partial charge is 0.490 e. The summed E-state index contributed by atoms with van der Waals surface area (Å²) in [6.07, 6.45) is 9.55. The molecule has 2 aromatic rings. The Morgan fingerprint density at radius 2 is 1.85 bits per heavy atom. The van der Waals surface area contributed by atoms with Gasteiger partial charge in [-0.1, -0.05) is 82.7 Å². The molecule has 0 unspecified atom stereocenters. The normalized spacial score (nSPS) is 36.0. The topological polar surface area (TPSA) is 51.2 Å². The lowest BCUT2D eigenvalue weighted by atomic mass is 9.35. The van der Waals surface area contributed by atoms with E-state index in [1.807, 2.05) is 14.0 Å². The van der Waals surface area contributed by atoms with Gasteiger partial charge in [0.25, 0.3) is 0 Å². The van der Waals surface area contributed by atoms with E-state index in [4.69, 9.17) is 14.2 Å². The number of benzene rings is 2. The molecule has 8 rings (SSSR count). The van der Waals surface area contributed by atoms with Gasteiger partial charge in [-0.15, -0.1) is 0 Å². The minimum atomic E-state index is -0.972. The summed E-state index contributed by atoms with van der Waals surface area (Å²) in [5, 5.41) is 12.4. The van der Waals surface area contributed by atoms with E-state index in [0.29, 0.717) is 12.6 Å². The molecule has 2 spiro atoms. The first kappa shape index (κ1) is 27.5. The van der Waals surface area contributed by atoms with E-state index in [1.54, 1.807) is 0 Å². The number of unbranched alkanes of at least 4 members (excludes halogenated alkanes) is 1. The molecule has 2 aliphatic heterocycles. The Hall–Kier alpha value is -2.34. The van der Waals surface area contributed by atoms with Crippen molar-refractivity contribution in [1.82, 2.24) is 4.90 Å². The van der Waals surface area contributed by atoms with E-state index >= 15 is 0 Å². The zero-order valence-electron chi connectivity index (χ0n) is 25.7. The van der Waals surface area contributed by atoms with Crippen LogP contribution in [0.25, 0.3) is 0 Å². The number of piperidine rings is 1. The molecule has 6 aliphatic rings. The Labute approximate surface area is 245 Å². The van der Waals surface area contributed by atoms with E-state index in [-0.39, 0.29) is 28.3 Å². The SMILES string of the molecule is CCCCOc1ccc2c3c1O[C@H]1[C@@]4(OC)C=C[C@@]5(C[C@@H]4[C@](C)(O)C(C)(C)C)[C@@H](C2)N(Cc2ccccc2)CC[C@]315. The molecule has 5 heteroatoms. The standard InChI is InChI=1S/C36H47NO4/c1-7-8-20-40-26-15-14-25-21-28-34-16-17-36(39-6,27(22-34)33(5,38)32(2,3)4)31-35(34,29(25)30(26)41-31)18-19-37(28)23-24-12-10-9-11-13-24/h9-17,27-28,31,38H,7-8,18-23H2,1-6H3/t27-,28-,31-,33+,34-,35+,36-/m1/s1. The third kappa shape index (κ3) is 3.40. The van der Waals surface area contributed by atoms with Gasteiger partial charge in [0.15, 0.2) is 11.5 Å².